The minimum absolute atomic E-state index is 0.506. The van der Waals surface area contributed by atoms with E-state index in [1.807, 2.05) is 13.0 Å². The summed E-state index contributed by atoms with van der Waals surface area (Å²) in [4.78, 5) is 11.2. The van der Waals surface area contributed by atoms with Crippen LogP contribution >= 0.6 is 0 Å². The standard InChI is InChI=1S/C12H22N4/c1-6-13-11-7-10(4)14-12(15-11)8-16(5)9(2)3/h7,9H,6,8H2,1-5H3,(H,13,14,15). The van der Waals surface area contributed by atoms with Crippen molar-refractivity contribution in [1.82, 2.24) is 14.9 Å². The fourth-order valence-electron chi connectivity index (χ4n) is 1.38. The van der Waals surface area contributed by atoms with Crippen molar-refractivity contribution in [3.63, 3.8) is 0 Å². The molecule has 1 N–H and O–H groups in total. The molecule has 1 aromatic rings. The maximum absolute atomic E-state index is 4.48. The minimum atomic E-state index is 0.506. The van der Waals surface area contributed by atoms with Crippen molar-refractivity contribution in [2.75, 3.05) is 18.9 Å². The van der Waals surface area contributed by atoms with Gasteiger partial charge in [-0.05, 0) is 34.7 Å². The van der Waals surface area contributed by atoms with Crippen LogP contribution in [0.4, 0.5) is 5.82 Å². The lowest BCUT2D eigenvalue weighted by molar-refractivity contribution is 0.259. The third kappa shape index (κ3) is 3.77. The first-order chi connectivity index (χ1) is 7.52. The molecule has 1 aromatic heterocycles. The fraction of sp³-hybridized carbons (Fsp3) is 0.667. The molecular formula is C12H22N4. The Balaban J connectivity index is 2.79. The van der Waals surface area contributed by atoms with Crippen LogP contribution in [0.3, 0.4) is 0 Å². The molecule has 0 spiro atoms. The normalized spacial score (nSPS) is 11.2. The molecule has 16 heavy (non-hydrogen) atoms. The summed E-state index contributed by atoms with van der Waals surface area (Å²) in [7, 11) is 2.09. The maximum Gasteiger partial charge on any atom is 0.144 e. The first kappa shape index (κ1) is 12.9. The van der Waals surface area contributed by atoms with Crippen LogP contribution in [-0.4, -0.2) is 34.5 Å². The van der Waals surface area contributed by atoms with Crippen molar-refractivity contribution in [3.05, 3.63) is 17.6 Å². The molecule has 1 rings (SSSR count). The lowest BCUT2D eigenvalue weighted by Crippen LogP contribution is -2.26. The van der Waals surface area contributed by atoms with Crippen LogP contribution in [0.1, 0.15) is 32.3 Å². The van der Waals surface area contributed by atoms with E-state index in [-0.39, 0.29) is 0 Å². The van der Waals surface area contributed by atoms with Gasteiger partial charge in [-0.1, -0.05) is 0 Å². The van der Waals surface area contributed by atoms with Gasteiger partial charge >= 0.3 is 0 Å². The third-order valence-corrected chi connectivity index (χ3v) is 2.53. The highest BCUT2D eigenvalue weighted by atomic mass is 15.1. The minimum Gasteiger partial charge on any atom is -0.370 e. The van der Waals surface area contributed by atoms with Crippen molar-refractivity contribution < 1.29 is 0 Å². The number of rotatable bonds is 5. The highest BCUT2D eigenvalue weighted by Gasteiger charge is 2.07. The van der Waals surface area contributed by atoms with Gasteiger partial charge in [0.1, 0.15) is 11.6 Å². The van der Waals surface area contributed by atoms with E-state index >= 15 is 0 Å². The van der Waals surface area contributed by atoms with E-state index in [9.17, 15) is 0 Å². The number of nitrogens with zero attached hydrogens (tertiary/aromatic N) is 3. The van der Waals surface area contributed by atoms with Gasteiger partial charge in [-0.3, -0.25) is 4.90 Å². The van der Waals surface area contributed by atoms with E-state index in [1.165, 1.54) is 0 Å². The zero-order valence-electron chi connectivity index (χ0n) is 10.9. The second kappa shape index (κ2) is 5.80. The molecule has 1 heterocycles. The highest BCUT2D eigenvalue weighted by Crippen LogP contribution is 2.08. The lowest BCUT2D eigenvalue weighted by atomic mass is 10.3. The van der Waals surface area contributed by atoms with Gasteiger partial charge in [-0.2, -0.15) is 0 Å². The highest BCUT2D eigenvalue weighted by molar-refractivity contribution is 5.35. The molecular weight excluding hydrogens is 200 g/mol. The molecule has 0 aliphatic heterocycles. The van der Waals surface area contributed by atoms with Gasteiger partial charge in [-0.15, -0.1) is 0 Å². The first-order valence-electron chi connectivity index (χ1n) is 5.81. The summed E-state index contributed by atoms with van der Waals surface area (Å²) in [6.07, 6.45) is 0. The largest absolute Gasteiger partial charge is 0.370 e. The van der Waals surface area contributed by atoms with Crippen LogP contribution < -0.4 is 5.32 Å². The molecule has 4 nitrogen and oxygen atoms in total. The van der Waals surface area contributed by atoms with E-state index in [0.29, 0.717) is 6.04 Å². The second-order valence-electron chi connectivity index (χ2n) is 4.35. The average molecular weight is 222 g/mol. The molecule has 0 atom stereocenters. The monoisotopic (exact) mass is 222 g/mol. The maximum atomic E-state index is 4.48. The molecule has 0 amide bonds. The summed E-state index contributed by atoms with van der Waals surface area (Å²) in [5.41, 5.74) is 1.01. The zero-order chi connectivity index (χ0) is 12.1. The van der Waals surface area contributed by atoms with Crippen LogP contribution in [0.5, 0.6) is 0 Å². The Bertz CT molecular complexity index is 336. The predicted molar refractivity (Wildman–Crippen MR) is 67.5 cm³/mol. The summed E-state index contributed by atoms with van der Waals surface area (Å²) in [6.45, 7) is 10.1. The number of anilines is 1. The van der Waals surface area contributed by atoms with Gasteiger partial charge in [0, 0.05) is 24.3 Å². The van der Waals surface area contributed by atoms with Crippen molar-refractivity contribution >= 4 is 5.82 Å². The second-order valence-corrected chi connectivity index (χ2v) is 4.35. The molecule has 0 bridgehead atoms. The summed E-state index contributed by atoms with van der Waals surface area (Å²) < 4.78 is 0. The van der Waals surface area contributed by atoms with Crippen LogP contribution in [0.2, 0.25) is 0 Å². The van der Waals surface area contributed by atoms with Gasteiger partial charge < -0.3 is 5.32 Å². The Morgan fingerprint density at radius 1 is 1.38 bits per heavy atom. The zero-order valence-corrected chi connectivity index (χ0v) is 10.9. The summed E-state index contributed by atoms with van der Waals surface area (Å²) in [5, 5.41) is 3.22. The van der Waals surface area contributed by atoms with Crippen molar-refractivity contribution in [2.24, 2.45) is 0 Å². The summed E-state index contributed by atoms with van der Waals surface area (Å²) >= 11 is 0. The fourth-order valence-corrected chi connectivity index (χ4v) is 1.38. The van der Waals surface area contributed by atoms with E-state index in [1.54, 1.807) is 0 Å². The molecule has 0 fully saturated rings. The van der Waals surface area contributed by atoms with Crippen molar-refractivity contribution in [1.29, 1.82) is 0 Å². The average Bonchev–Trinajstić information content (AvgIpc) is 2.16. The molecule has 0 aromatic carbocycles. The molecule has 0 saturated heterocycles. The molecule has 0 radical (unpaired) electrons. The Labute approximate surface area is 98.1 Å². The topological polar surface area (TPSA) is 41.1 Å². The first-order valence-corrected chi connectivity index (χ1v) is 5.81. The number of hydrogen-bond donors (Lipinski definition) is 1. The molecule has 0 aliphatic carbocycles. The van der Waals surface area contributed by atoms with Crippen molar-refractivity contribution in [2.45, 2.75) is 40.3 Å². The van der Waals surface area contributed by atoms with E-state index < -0.39 is 0 Å². The van der Waals surface area contributed by atoms with Crippen LogP contribution in [0, 0.1) is 6.92 Å². The van der Waals surface area contributed by atoms with Gasteiger partial charge in [0.2, 0.25) is 0 Å². The Kier molecular flexibility index (Phi) is 4.68. The molecule has 0 saturated carbocycles. The molecule has 0 unspecified atom stereocenters. The van der Waals surface area contributed by atoms with Gasteiger partial charge in [0.05, 0.1) is 6.54 Å². The molecule has 90 valence electrons. The quantitative estimate of drug-likeness (QED) is 0.828. The Hall–Kier alpha value is -1.16. The smallest absolute Gasteiger partial charge is 0.144 e. The van der Waals surface area contributed by atoms with Crippen LogP contribution in [0.15, 0.2) is 6.07 Å². The van der Waals surface area contributed by atoms with Crippen LogP contribution in [0.25, 0.3) is 0 Å². The van der Waals surface area contributed by atoms with Gasteiger partial charge in [-0.25, -0.2) is 9.97 Å². The van der Waals surface area contributed by atoms with E-state index in [4.69, 9.17) is 0 Å². The van der Waals surface area contributed by atoms with Gasteiger partial charge in [0.15, 0.2) is 0 Å². The van der Waals surface area contributed by atoms with Crippen LogP contribution in [-0.2, 0) is 6.54 Å². The van der Waals surface area contributed by atoms with E-state index in [0.717, 1.165) is 30.4 Å². The van der Waals surface area contributed by atoms with Gasteiger partial charge in [0.25, 0.3) is 0 Å². The molecule has 0 aliphatic rings. The number of aromatic nitrogens is 2. The molecule has 4 heteroatoms. The SMILES string of the molecule is CCNc1cc(C)nc(CN(C)C(C)C)n1. The summed E-state index contributed by atoms with van der Waals surface area (Å²) in [5.74, 6) is 1.80. The third-order valence-electron chi connectivity index (χ3n) is 2.53. The Morgan fingerprint density at radius 2 is 2.06 bits per heavy atom. The van der Waals surface area contributed by atoms with Crippen molar-refractivity contribution in [3.8, 4) is 0 Å². The van der Waals surface area contributed by atoms with E-state index in [2.05, 4.69) is 48.0 Å². The number of hydrogen-bond acceptors (Lipinski definition) is 4. The Morgan fingerprint density at radius 3 is 2.62 bits per heavy atom. The number of nitrogens with one attached hydrogen (secondary N) is 1. The predicted octanol–water partition coefficient (Wildman–Crippen LogP) is 2.06. The summed E-state index contributed by atoms with van der Waals surface area (Å²) in [6, 6.07) is 2.48. The lowest BCUT2D eigenvalue weighted by Gasteiger charge is -2.20. The number of aryl methyl sites for hydroxylation is 1.